The highest BCUT2D eigenvalue weighted by molar-refractivity contribution is 7.17. The quantitative estimate of drug-likeness (QED) is 0.570. The Bertz CT molecular complexity index is 867. The number of aryl methyl sites for hydroxylation is 1. The largest absolute Gasteiger partial charge is 0.411 e. The number of hydrogen-bond acceptors (Lipinski definition) is 5. The molecular weight excluding hydrogens is 439 g/mol. The van der Waals surface area contributed by atoms with E-state index in [1.54, 1.807) is 11.0 Å². The zero-order valence-electron chi connectivity index (χ0n) is 16.5. The van der Waals surface area contributed by atoms with Crippen molar-refractivity contribution in [3.05, 3.63) is 39.9 Å². The summed E-state index contributed by atoms with van der Waals surface area (Å²) >= 11 is 7.41. The Morgan fingerprint density at radius 1 is 1.27 bits per heavy atom. The summed E-state index contributed by atoms with van der Waals surface area (Å²) in [6.45, 7) is 3.87. The molecule has 2 heterocycles. The van der Waals surface area contributed by atoms with Crippen LogP contribution < -0.4 is 0 Å². The second kappa shape index (κ2) is 10.1. The fourth-order valence-corrected chi connectivity index (χ4v) is 4.46. The Balaban J connectivity index is 1.49. The summed E-state index contributed by atoms with van der Waals surface area (Å²) < 4.78 is 40.8. The first-order valence-corrected chi connectivity index (χ1v) is 10.8. The highest BCUT2D eigenvalue weighted by Gasteiger charge is 2.28. The third-order valence-electron chi connectivity index (χ3n) is 4.75. The lowest BCUT2D eigenvalue weighted by Crippen LogP contribution is -2.48. The van der Waals surface area contributed by atoms with Crippen LogP contribution in [-0.2, 0) is 4.74 Å². The third kappa shape index (κ3) is 6.41. The molecule has 1 aliphatic rings. The van der Waals surface area contributed by atoms with E-state index >= 15 is 0 Å². The molecule has 0 N–H and O–H groups in total. The highest BCUT2D eigenvalue weighted by atomic mass is 35.5. The molecule has 10 heteroatoms. The smallest absolute Gasteiger partial charge is 0.372 e. The lowest BCUT2D eigenvalue weighted by atomic mass is 10.2. The van der Waals surface area contributed by atoms with E-state index in [4.69, 9.17) is 11.6 Å². The Morgan fingerprint density at radius 3 is 2.67 bits per heavy atom. The minimum absolute atomic E-state index is 0.0357. The topological polar surface area (TPSA) is 45.7 Å². The van der Waals surface area contributed by atoms with Crippen LogP contribution in [0.4, 0.5) is 13.2 Å². The molecule has 3 rings (SSSR count). The summed E-state index contributed by atoms with van der Waals surface area (Å²) in [5.74, 6) is -0.0357. The van der Waals surface area contributed by atoms with Crippen LogP contribution in [0, 0.1) is 6.92 Å². The van der Waals surface area contributed by atoms with Crippen LogP contribution in [0.25, 0.3) is 10.6 Å². The highest BCUT2D eigenvalue weighted by Crippen LogP contribution is 2.30. The van der Waals surface area contributed by atoms with Gasteiger partial charge in [0, 0.05) is 49.9 Å². The van der Waals surface area contributed by atoms with Crippen LogP contribution in [0.3, 0.4) is 0 Å². The van der Waals surface area contributed by atoms with Crippen molar-refractivity contribution in [2.24, 2.45) is 0 Å². The number of halogens is 4. The van der Waals surface area contributed by atoms with E-state index < -0.39 is 12.8 Å². The van der Waals surface area contributed by atoms with Gasteiger partial charge in [-0.25, -0.2) is 4.98 Å². The average molecular weight is 462 g/mol. The van der Waals surface area contributed by atoms with Crippen molar-refractivity contribution in [3.63, 3.8) is 0 Å². The van der Waals surface area contributed by atoms with Gasteiger partial charge in [-0.3, -0.25) is 9.69 Å². The molecule has 0 atom stereocenters. The molecule has 1 fully saturated rings. The van der Waals surface area contributed by atoms with Crippen molar-refractivity contribution in [2.45, 2.75) is 19.5 Å². The lowest BCUT2D eigenvalue weighted by Gasteiger charge is -2.34. The maximum Gasteiger partial charge on any atom is 0.411 e. The summed E-state index contributed by atoms with van der Waals surface area (Å²) in [5, 5.41) is 1.38. The third-order valence-corrected chi connectivity index (χ3v) is 6.18. The maximum atomic E-state index is 13.0. The Morgan fingerprint density at radius 2 is 2.00 bits per heavy atom. The predicted molar refractivity (Wildman–Crippen MR) is 111 cm³/mol. The molecule has 1 saturated heterocycles. The Kier molecular flexibility index (Phi) is 7.73. The number of aromatic nitrogens is 1. The number of hydrogen-bond donors (Lipinski definition) is 0. The molecule has 5 nitrogen and oxygen atoms in total. The van der Waals surface area contributed by atoms with Gasteiger partial charge in [0.05, 0.1) is 5.69 Å². The van der Waals surface area contributed by atoms with Gasteiger partial charge in [0.15, 0.2) is 0 Å². The van der Waals surface area contributed by atoms with E-state index in [1.807, 2.05) is 25.1 Å². The number of carbonyl (C=O) groups excluding carboxylic acids is 1. The van der Waals surface area contributed by atoms with Crippen LogP contribution >= 0.6 is 22.9 Å². The molecule has 0 bridgehead atoms. The van der Waals surface area contributed by atoms with E-state index in [0.29, 0.717) is 54.7 Å². The first-order chi connectivity index (χ1) is 14.2. The van der Waals surface area contributed by atoms with Crippen LogP contribution in [0.5, 0.6) is 0 Å². The van der Waals surface area contributed by atoms with E-state index in [9.17, 15) is 18.0 Å². The maximum absolute atomic E-state index is 13.0. The number of piperazine rings is 1. The number of rotatable bonds is 7. The number of thiazole rings is 1. The first-order valence-electron chi connectivity index (χ1n) is 9.62. The molecule has 0 aliphatic carbocycles. The van der Waals surface area contributed by atoms with Crippen molar-refractivity contribution in [1.29, 1.82) is 0 Å². The SMILES string of the molecule is Cc1nc(-c2cccc(Cl)c2)sc1C(=O)N1CCN(CCCOCC(F)(F)F)CC1. The molecule has 0 unspecified atom stereocenters. The van der Waals surface area contributed by atoms with Crippen LogP contribution in [0.15, 0.2) is 24.3 Å². The van der Waals surface area contributed by atoms with Crippen molar-refractivity contribution >= 4 is 28.8 Å². The number of benzene rings is 1. The van der Waals surface area contributed by atoms with Crippen molar-refractivity contribution < 1.29 is 22.7 Å². The molecule has 0 spiro atoms. The Hall–Kier alpha value is -1.68. The van der Waals surface area contributed by atoms with Gasteiger partial charge in [-0.1, -0.05) is 23.7 Å². The second-order valence-electron chi connectivity index (χ2n) is 7.10. The number of ether oxygens (including phenoxy) is 1. The van der Waals surface area contributed by atoms with E-state index in [-0.39, 0.29) is 12.5 Å². The molecule has 1 aromatic carbocycles. The molecule has 1 amide bonds. The fourth-order valence-electron chi connectivity index (χ4n) is 3.24. The van der Waals surface area contributed by atoms with Crippen molar-refractivity contribution in [2.75, 3.05) is 45.9 Å². The van der Waals surface area contributed by atoms with Gasteiger partial charge < -0.3 is 9.64 Å². The molecule has 2 aromatic rings. The zero-order valence-corrected chi connectivity index (χ0v) is 18.1. The summed E-state index contributed by atoms with van der Waals surface area (Å²) in [5.41, 5.74) is 1.58. The molecule has 0 saturated carbocycles. The normalized spacial score (nSPS) is 15.6. The second-order valence-corrected chi connectivity index (χ2v) is 8.53. The van der Waals surface area contributed by atoms with Gasteiger partial charge in [-0.05, 0) is 25.5 Å². The van der Waals surface area contributed by atoms with Crippen molar-refractivity contribution in [1.82, 2.24) is 14.8 Å². The number of carbonyl (C=O) groups is 1. The monoisotopic (exact) mass is 461 g/mol. The van der Waals surface area contributed by atoms with E-state index in [1.165, 1.54) is 11.3 Å². The first kappa shape index (κ1) is 23.0. The van der Waals surface area contributed by atoms with Crippen molar-refractivity contribution in [3.8, 4) is 10.6 Å². The van der Waals surface area contributed by atoms with Gasteiger partial charge in [-0.2, -0.15) is 13.2 Å². The van der Waals surface area contributed by atoms with E-state index in [0.717, 1.165) is 10.6 Å². The molecule has 30 heavy (non-hydrogen) atoms. The number of amides is 1. The van der Waals surface area contributed by atoms with Crippen LogP contribution in [0.2, 0.25) is 5.02 Å². The fraction of sp³-hybridized carbons (Fsp3) is 0.500. The standard InChI is InChI=1S/C20H23ClF3N3O2S/c1-14-17(30-18(25-14)15-4-2-5-16(21)12-15)19(28)27-9-7-26(8-10-27)6-3-11-29-13-20(22,23)24/h2,4-5,12H,3,6-11,13H2,1H3. The number of nitrogens with zero attached hydrogens (tertiary/aromatic N) is 3. The van der Waals surface area contributed by atoms with Crippen LogP contribution in [-0.4, -0.2) is 72.8 Å². The summed E-state index contributed by atoms with van der Waals surface area (Å²) in [4.78, 5) is 22.1. The summed E-state index contributed by atoms with van der Waals surface area (Å²) in [6.07, 6.45) is -3.76. The van der Waals surface area contributed by atoms with Gasteiger partial charge in [0.1, 0.15) is 16.5 Å². The lowest BCUT2D eigenvalue weighted by molar-refractivity contribution is -0.174. The van der Waals surface area contributed by atoms with Crippen LogP contribution in [0.1, 0.15) is 21.8 Å². The molecule has 164 valence electrons. The summed E-state index contributed by atoms with van der Waals surface area (Å²) in [6, 6.07) is 7.38. The van der Waals surface area contributed by atoms with Gasteiger partial charge in [0.2, 0.25) is 0 Å². The van der Waals surface area contributed by atoms with Gasteiger partial charge >= 0.3 is 6.18 Å². The van der Waals surface area contributed by atoms with E-state index in [2.05, 4.69) is 14.6 Å². The Labute approximate surface area is 182 Å². The predicted octanol–water partition coefficient (Wildman–Crippen LogP) is 4.50. The molecular formula is C20H23ClF3N3O2S. The zero-order chi connectivity index (χ0) is 21.7. The number of alkyl halides is 3. The molecule has 0 radical (unpaired) electrons. The van der Waals surface area contributed by atoms with Gasteiger partial charge in [-0.15, -0.1) is 11.3 Å². The average Bonchev–Trinajstić information content (AvgIpc) is 3.08. The molecule has 1 aliphatic heterocycles. The van der Waals surface area contributed by atoms with Gasteiger partial charge in [0.25, 0.3) is 5.91 Å². The molecule has 1 aromatic heterocycles. The minimum atomic E-state index is -4.28. The minimum Gasteiger partial charge on any atom is -0.372 e. The summed E-state index contributed by atoms with van der Waals surface area (Å²) in [7, 11) is 0.